The molecule has 0 aliphatic carbocycles. The first kappa shape index (κ1) is 13.0. The molecule has 2 aromatic rings. The SMILES string of the molecule is CNC(Cc1csc(C)n1)c1cccnc1OC. The number of hydrogen-bond donors (Lipinski definition) is 1. The van der Waals surface area contributed by atoms with E-state index in [2.05, 4.69) is 20.7 Å². The molecule has 0 aromatic carbocycles. The largest absolute Gasteiger partial charge is 0.481 e. The van der Waals surface area contributed by atoms with Crippen molar-refractivity contribution in [3.8, 4) is 5.88 Å². The molecule has 1 N–H and O–H groups in total. The molecule has 0 aliphatic heterocycles. The Morgan fingerprint density at radius 3 is 2.94 bits per heavy atom. The topological polar surface area (TPSA) is 47.0 Å². The number of aromatic nitrogens is 2. The first-order valence-corrected chi connectivity index (χ1v) is 6.69. The van der Waals surface area contributed by atoms with Gasteiger partial charge < -0.3 is 10.1 Å². The molecule has 5 heteroatoms. The molecule has 2 rings (SSSR count). The van der Waals surface area contributed by atoms with Crippen LogP contribution >= 0.6 is 11.3 Å². The molecule has 0 saturated heterocycles. The van der Waals surface area contributed by atoms with Crippen molar-refractivity contribution in [2.75, 3.05) is 14.2 Å². The highest BCUT2D eigenvalue weighted by Gasteiger charge is 2.16. The number of methoxy groups -OCH3 is 1. The Kier molecular flexibility index (Phi) is 4.28. The van der Waals surface area contributed by atoms with Gasteiger partial charge in [0.1, 0.15) is 0 Å². The van der Waals surface area contributed by atoms with E-state index in [-0.39, 0.29) is 6.04 Å². The molecule has 0 bridgehead atoms. The molecule has 0 spiro atoms. The van der Waals surface area contributed by atoms with Crippen LogP contribution in [0.25, 0.3) is 0 Å². The number of thiazole rings is 1. The van der Waals surface area contributed by atoms with E-state index >= 15 is 0 Å². The number of nitrogens with zero attached hydrogens (tertiary/aromatic N) is 2. The van der Waals surface area contributed by atoms with E-state index in [1.54, 1.807) is 24.6 Å². The molecule has 0 aliphatic rings. The number of nitrogens with one attached hydrogen (secondary N) is 1. The number of likely N-dealkylation sites (N-methyl/N-ethyl adjacent to an activating group) is 1. The third-order valence-electron chi connectivity index (χ3n) is 2.80. The molecular formula is C13H17N3OS. The number of ether oxygens (including phenoxy) is 1. The average molecular weight is 263 g/mol. The monoisotopic (exact) mass is 263 g/mol. The zero-order valence-electron chi connectivity index (χ0n) is 10.8. The van der Waals surface area contributed by atoms with Crippen LogP contribution < -0.4 is 10.1 Å². The molecule has 18 heavy (non-hydrogen) atoms. The van der Waals surface area contributed by atoms with Crippen molar-refractivity contribution in [1.82, 2.24) is 15.3 Å². The maximum absolute atomic E-state index is 5.30. The van der Waals surface area contributed by atoms with Gasteiger partial charge in [0, 0.05) is 29.6 Å². The fraction of sp³-hybridized carbons (Fsp3) is 0.385. The van der Waals surface area contributed by atoms with Crippen LogP contribution in [0.1, 0.15) is 22.3 Å². The Labute approximate surface area is 111 Å². The van der Waals surface area contributed by atoms with Crippen LogP contribution in [0, 0.1) is 6.92 Å². The Morgan fingerprint density at radius 2 is 2.33 bits per heavy atom. The second-order valence-electron chi connectivity index (χ2n) is 4.01. The smallest absolute Gasteiger partial charge is 0.217 e. The Hall–Kier alpha value is -1.46. The third-order valence-corrected chi connectivity index (χ3v) is 3.62. The van der Waals surface area contributed by atoms with Gasteiger partial charge in [-0.3, -0.25) is 0 Å². The normalized spacial score (nSPS) is 12.4. The molecule has 2 aromatic heterocycles. The lowest BCUT2D eigenvalue weighted by Gasteiger charge is -2.17. The number of hydrogen-bond acceptors (Lipinski definition) is 5. The second kappa shape index (κ2) is 5.93. The zero-order valence-corrected chi connectivity index (χ0v) is 11.6. The van der Waals surface area contributed by atoms with E-state index in [1.165, 1.54) is 0 Å². The summed E-state index contributed by atoms with van der Waals surface area (Å²) in [7, 11) is 3.59. The minimum Gasteiger partial charge on any atom is -0.481 e. The molecule has 4 nitrogen and oxygen atoms in total. The van der Waals surface area contributed by atoms with E-state index in [9.17, 15) is 0 Å². The maximum Gasteiger partial charge on any atom is 0.217 e. The molecular weight excluding hydrogens is 246 g/mol. The van der Waals surface area contributed by atoms with Crippen molar-refractivity contribution in [1.29, 1.82) is 0 Å². The molecule has 0 amide bonds. The third kappa shape index (κ3) is 2.86. The minimum absolute atomic E-state index is 0.162. The lowest BCUT2D eigenvalue weighted by atomic mass is 10.0. The molecule has 96 valence electrons. The van der Waals surface area contributed by atoms with Gasteiger partial charge >= 0.3 is 0 Å². The van der Waals surface area contributed by atoms with Crippen LogP contribution in [-0.4, -0.2) is 24.1 Å². The van der Waals surface area contributed by atoms with Gasteiger partial charge in [-0.05, 0) is 20.0 Å². The zero-order chi connectivity index (χ0) is 13.0. The van der Waals surface area contributed by atoms with E-state index < -0.39 is 0 Å². The van der Waals surface area contributed by atoms with Gasteiger partial charge in [0.25, 0.3) is 0 Å². The maximum atomic E-state index is 5.30. The fourth-order valence-electron chi connectivity index (χ4n) is 1.92. The summed E-state index contributed by atoms with van der Waals surface area (Å²) < 4.78 is 5.30. The van der Waals surface area contributed by atoms with E-state index in [0.717, 1.165) is 22.7 Å². The summed E-state index contributed by atoms with van der Waals surface area (Å²) in [6.07, 6.45) is 2.57. The first-order valence-electron chi connectivity index (χ1n) is 5.81. The Bertz CT molecular complexity index is 512. The van der Waals surface area contributed by atoms with Crippen molar-refractivity contribution in [3.05, 3.63) is 40.0 Å². The summed E-state index contributed by atoms with van der Waals surface area (Å²) in [5.41, 5.74) is 2.16. The van der Waals surface area contributed by atoms with Crippen LogP contribution in [0.5, 0.6) is 5.88 Å². The van der Waals surface area contributed by atoms with Crippen LogP contribution in [-0.2, 0) is 6.42 Å². The van der Waals surface area contributed by atoms with Gasteiger partial charge in [0.2, 0.25) is 5.88 Å². The predicted octanol–water partition coefficient (Wildman–Crippen LogP) is 2.36. The average Bonchev–Trinajstić information content (AvgIpc) is 2.81. The van der Waals surface area contributed by atoms with Crippen LogP contribution in [0.4, 0.5) is 0 Å². The molecule has 1 atom stereocenters. The first-order chi connectivity index (χ1) is 8.74. The molecule has 0 saturated carbocycles. The summed E-state index contributed by atoms with van der Waals surface area (Å²) in [6, 6.07) is 4.12. The fourth-order valence-corrected chi connectivity index (χ4v) is 2.54. The molecule has 0 radical (unpaired) electrons. The van der Waals surface area contributed by atoms with Crippen molar-refractivity contribution < 1.29 is 4.74 Å². The summed E-state index contributed by atoms with van der Waals surface area (Å²) in [5, 5.41) is 6.49. The second-order valence-corrected chi connectivity index (χ2v) is 5.07. The van der Waals surface area contributed by atoms with E-state index in [4.69, 9.17) is 4.74 Å². The highest BCUT2D eigenvalue weighted by molar-refractivity contribution is 7.09. The standard InChI is InChI=1S/C13H17N3OS/c1-9-16-10(8-18-9)7-12(14-2)11-5-4-6-15-13(11)17-3/h4-6,8,12,14H,7H2,1-3H3. The molecule has 0 fully saturated rings. The van der Waals surface area contributed by atoms with Gasteiger partial charge in [-0.2, -0.15) is 0 Å². The molecule has 2 heterocycles. The quantitative estimate of drug-likeness (QED) is 0.899. The highest BCUT2D eigenvalue weighted by atomic mass is 32.1. The minimum atomic E-state index is 0.162. The van der Waals surface area contributed by atoms with Crippen molar-refractivity contribution in [3.63, 3.8) is 0 Å². The summed E-state index contributed by atoms with van der Waals surface area (Å²) in [4.78, 5) is 8.73. The van der Waals surface area contributed by atoms with Gasteiger partial charge in [-0.1, -0.05) is 6.07 Å². The lowest BCUT2D eigenvalue weighted by molar-refractivity contribution is 0.384. The van der Waals surface area contributed by atoms with Crippen LogP contribution in [0.2, 0.25) is 0 Å². The predicted molar refractivity (Wildman–Crippen MR) is 73.1 cm³/mol. The summed E-state index contributed by atoms with van der Waals surface area (Å²) in [6.45, 7) is 2.02. The van der Waals surface area contributed by atoms with Crippen molar-refractivity contribution >= 4 is 11.3 Å². The lowest BCUT2D eigenvalue weighted by Crippen LogP contribution is -2.20. The van der Waals surface area contributed by atoms with Gasteiger partial charge in [-0.25, -0.2) is 9.97 Å². The van der Waals surface area contributed by atoms with E-state index in [1.807, 2.05) is 26.1 Å². The summed E-state index contributed by atoms with van der Waals surface area (Å²) >= 11 is 1.68. The Balaban J connectivity index is 2.22. The number of pyridine rings is 1. The highest BCUT2D eigenvalue weighted by Crippen LogP contribution is 2.25. The van der Waals surface area contributed by atoms with Gasteiger partial charge in [0.15, 0.2) is 0 Å². The van der Waals surface area contributed by atoms with Crippen molar-refractivity contribution in [2.24, 2.45) is 0 Å². The van der Waals surface area contributed by atoms with Crippen LogP contribution in [0.3, 0.4) is 0 Å². The summed E-state index contributed by atoms with van der Waals surface area (Å²) in [5.74, 6) is 0.670. The van der Waals surface area contributed by atoms with Gasteiger partial charge in [-0.15, -0.1) is 11.3 Å². The number of rotatable bonds is 5. The number of aryl methyl sites for hydroxylation is 1. The van der Waals surface area contributed by atoms with Gasteiger partial charge in [0.05, 0.1) is 17.8 Å². The van der Waals surface area contributed by atoms with E-state index in [0.29, 0.717) is 5.88 Å². The van der Waals surface area contributed by atoms with Crippen molar-refractivity contribution in [2.45, 2.75) is 19.4 Å². The Morgan fingerprint density at radius 1 is 1.50 bits per heavy atom. The molecule has 1 unspecified atom stereocenters. The van der Waals surface area contributed by atoms with Crippen LogP contribution in [0.15, 0.2) is 23.7 Å².